The van der Waals surface area contributed by atoms with Crippen molar-refractivity contribution in [2.24, 2.45) is 0 Å². The van der Waals surface area contributed by atoms with Gasteiger partial charge in [0.15, 0.2) is 0 Å². The molecule has 2 heteroatoms. The van der Waals surface area contributed by atoms with Gasteiger partial charge >= 0.3 is 5.97 Å². The van der Waals surface area contributed by atoms with Gasteiger partial charge in [0, 0.05) is 5.57 Å². The van der Waals surface area contributed by atoms with E-state index in [4.69, 9.17) is 5.11 Å². The zero-order valence-electron chi connectivity index (χ0n) is 12.0. The van der Waals surface area contributed by atoms with Gasteiger partial charge in [-0.05, 0) is 6.92 Å². The van der Waals surface area contributed by atoms with E-state index in [2.05, 4.69) is 6.58 Å². The number of aliphatic carboxylic acids is 1. The molecule has 0 amide bonds. The van der Waals surface area contributed by atoms with Gasteiger partial charge in [-0.3, -0.25) is 0 Å². The van der Waals surface area contributed by atoms with Gasteiger partial charge in [0.05, 0.1) is 0 Å². The Morgan fingerprint density at radius 2 is 0.833 bits per heavy atom. The maximum atomic E-state index is 9.60. The van der Waals surface area contributed by atoms with E-state index in [1.807, 2.05) is 0 Å². The highest BCUT2D eigenvalue weighted by molar-refractivity contribution is 5.84. The lowest BCUT2D eigenvalue weighted by Crippen LogP contribution is -1.92. The summed E-state index contributed by atoms with van der Waals surface area (Å²) in [6, 6.07) is 0. The summed E-state index contributed by atoms with van der Waals surface area (Å²) in [7, 11) is 0. The van der Waals surface area contributed by atoms with Gasteiger partial charge < -0.3 is 5.11 Å². The molecule has 1 N–H and O–H groups in total. The van der Waals surface area contributed by atoms with Crippen LogP contribution in [0.15, 0.2) is 12.2 Å². The molecule has 1 fully saturated rings. The minimum absolute atomic E-state index is 0.176. The van der Waals surface area contributed by atoms with Crippen molar-refractivity contribution in [3.8, 4) is 0 Å². The molecule has 0 aliphatic heterocycles. The first-order chi connectivity index (χ1) is 8.64. The zero-order valence-corrected chi connectivity index (χ0v) is 12.0. The van der Waals surface area contributed by atoms with Crippen LogP contribution >= 0.6 is 0 Å². The van der Waals surface area contributed by atoms with Gasteiger partial charge in [-0.25, -0.2) is 4.79 Å². The van der Waals surface area contributed by atoms with Crippen LogP contribution in [0.5, 0.6) is 0 Å². The van der Waals surface area contributed by atoms with Crippen molar-refractivity contribution in [1.29, 1.82) is 0 Å². The van der Waals surface area contributed by atoms with E-state index in [1.54, 1.807) is 0 Å². The fourth-order valence-corrected chi connectivity index (χ4v) is 2.12. The summed E-state index contributed by atoms with van der Waals surface area (Å²) in [5, 5.41) is 7.89. The minimum atomic E-state index is -0.935. The zero-order chi connectivity index (χ0) is 13.6. The predicted molar refractivity (Wildman–Crippen MR) is 77.9 cm³/mol. The molecule has 1 aliphatic carbocycles. The van der Waals surface area contributed by atoms with Crippen molar-refractivity contribution < 1.29 is 9.90 Å². The highest BCUT2D eigenvalue weighted by atomic mass is 16.4. The Morgan fingerprint density at radius 1 is 0.722 bits per heavy atom. The van der Waals surface area contributed by atoms with E-state index in [0.717, 1.165) is 0 Å². The molecule has 0 heterocycles. The van der Waals surface area contributed by atoms with Crippen LogP contribution in [-0.2, 0) is 4.79 Å². The molecule has 0 saturated heterocycles. The van der Waals surface area contributed by atoms with E-state index < -0.39 is 5.97 Å². The fourth-order valence-electron chi connectivity index (χ4n) is 2.12. The van der Waals surface area contributed by atoms with Crippen LogP contribution < -0.4 is 0 Å². The molecular formula is C16H30O2. The number of carboxylic acid groups (broad SMARTS) is 1. The van der Waals surface area contributed by atoms with Crippen LogP contribution in [0.25, 0.3) is 0 Å². The number of hydrogen-bond donors (Lipinski definition) is 1. The first kappa shape index (κ1) is 17.2. The summed E-state index contributed by atoms with van der Waals surface area (Å²) < 4.78 is 0. The first-order valence-corrected chi connectivity index (χ1v) is 7.53. The summed E-state index contributed by atoms with van der Waals surface area (Å²) in [6.07, 6.45) is 18.0. The molecule has 1 aliphatic rings. The molecular weight excluding hydrogens is 224 g/mol. The largest absolute Gasteiger partial charge is 0.478 e. The first-order valence-electron chi connectivity index (χ1n) is 7.53. The van der Waals surface area contributed by atoms with E-state index in [-0.39, 0.29) is 5.57 Å². The van der Waals surface area contributed by atoms with Crippen LogP contribution in [0.2, 0.25) is 0 Å². The van der Waals surface area contributed by atoms with Crippen molar-refractivity contribution in [3.05, 3.63) is 12.2 Å². The minimum Gasteiger partial charge on any atom is -0.478 e. The standard InChI is InChI=1S/C12H24.C4H6O2/c1-2-4-6-8-10-12-11-9-7-5-3-1;1-3(2)4(5)6/h1-12H2;1H2,2H3,(H,5,6). The molecule has 0 unspecified atom stereocenters. The van der Waals surface area contributed by atoms with Crippen molar-refractivity contribution in [2.45, 2.75) is 84.0 Å². The average molecular weight is 254 g/mol. The average Bonchev–Trinajstić information content (AvgIpc) is 2.30. The van der Waals surface area contributed by atoms with Crippen LogP contribution in [0.3, 0.4) is 0 Å². The highest BCUT2D eigenvalue weighted by Gasteiger charge is 1.96. The third-order valence-electron chi connectivity index (χ3n) is 3.37. The van der Waals surface area contributed by atoms with Crippen molar-refractivity contribution in [3.63, 3.8) is 0 Å². The second-order valence-electron chi connectivity index (χ2n) is 5.33. The molecule has 0 aromatic rings. The van der Waals surface area contributed by atoms with Crippen LogP contribution in [-0.4, -0.2) is 11.1 Å². The normalized spacial score (nSPS) is 18.5. The lowest BCUT2D eigenvalue weighted by molar-refractivity contribution is -0.132. The lowest BCUT2D eigenvalue weighted by Gasteiger charge is -2.05. The molecule has 0 atom stereocenters. The Morgan fingerprint density at radius 3 is 0.889 bits per heavy atom. The van der Waals surface area contributed by atoms with E-state index in [1.165, 1.54) is 84.0 Å². The molecule has 2 nitrogen and oxygen atoms in total. The topological polar surface area (TPSA) is 37.3 Å². The maximum absolute atomic E-state index is 9.60. The van der Waals surface area contributed by atoms with Gasteiger partial charge in [-0.1, -0.05) is 83.6 Å². The Labute approximate surface area is 112 Å². The van der Waals surface area contributed by atoms with Crippen LogP contribution in [0, 0.1) is 0 Å². The monoisotopic (exact) mass is 254 g/mol. The number of rotatable bonds is 1. The molecule has 18 heavy (non-hydrogen) atoms. The van der Waals surface area contributed by atoms with E-state index in [9.17, 15) is 4.79 Å². The third-order valence-corrected chi connectivity index (χ3v) is 3.37. The van der Waals surface area contributed by atoms with Gasteiger partial charge in [0.25, 0.3) is 0 Å². The number of carboxylic acids is 1. The predicted octanol–water partition coefficient (Wildman–Crippen LogP) is 5.33. The summed E-state index contributed by atoms with van der Waals surface area (Å²) >= 11 is 0. The van der Waals surface area contributed by atoms with Gasteiger partial charge in [0.1, 0.15) is 0 Å². The van der Waals surface area contributed by atoms with Crippen LogP contribution in [0.4, 0.5) is 0 Å². The Kier molecular flexibility index (Phi) is 12.1. The number of carbonyl (C=O) groups is 1. The van der Waals surface area contributed by atoms with Crippen molar-refractivity contribution >= 4 is 5.97 Å². The van der Waals surface area contributed by atoms with E-state index in [0.29, 0.717) is 0 Å². The Bertz CT molecular complexity index is 166. The summed E-state index contributed by atoms with van der Waals surface area (Å²) in [5.74, 6) is -0.935. The lowest BCUT2D eigenvalue weighted by atomic mass is 10.0. The molecule has 0 bridgehead atoms. The molecule has 1 rings (SSSR count). The van der Waals surface area contributed by atoms with Gasteiger partial charge in [0.2, 0.25) is 0 Å². The summed E-state index contributed by atoms with van der Waals surface area (Å²) in [4.78, 5) is 9.60. The maximum Gasteiger partial charge on any atom is 0.330 e. The second kappa shape index (κ2) is 12.7. The Hall–Kier alpha value is -0.790. The summed E-state index contributed by atoms with van der Waals surface area (Å²) in [5.41, 5.74) is 0.176. The molecule has 106 valence electrons. The number of hydrogen-bond acceptors (Lipinski definition) is 1. The SMILES string of the molecule is C1CCCCCCCCCCC1.C=C(C)C(=O)O. The molecule has 0 radical (unpaired) electrons. The molecule has 1 saturated carbocycles. The van der Waals surface area contributed by atoms with Crippen molar-refractivity contribution in [1.82, 2.24) is 0 Å². The van der Waals surface area contributed by atoms with Crippen LogP contribution in [0.1, 0.15) is 84.0 Å². The smallest absolute Gasteiger partial charge is 0.330 e. The van der Waals surface area contributed by atoms with Gasteiger partial charge in [-0.15, -0.1) is 0 Å². The summed E-state index contributed by atoms with van der Waals surface area (Å²) in [6.45, 7) is 4.60. The second-order valence-corrected chi connectivity index (χ2v) is 5.33. The van der Waals surface area contributed by atoms with Crippen molar-refractivity contribution in [2.75, 3.05) is 0 Å². The third kappa shape index (κ3) is 13.3. The highest BCUT2D eigenvalue weighted by Crippen LogP contribution is 2.15. The van der Waals surface area contributed by atoms with Gasteiger partial charge in [-0.2, -0.15) is 0 Å². The molecule has 0 aromatic carbocycles. The quantitative estimate of drug-likeness (QED) is 0.642. The molecule has 0 spiro atoms. The fraction of sp³-hybridized carbons (Fsp3) is 0.812. The Balaban J connectivity index is 0.000000411. The van der Waals surface area contributed by atoms with E-state index >= 15 is 0 Å². The molecule has 0 aromatic heterocycles.